The molecule has 0 aliphatic heterocycles. The summed E-state index contributed by atoms with van der Waals surface area (Å²) in [6.45, 7) is 7.46. The Balaban J connectivity index is 4.14. The van der Waals surface area contributed by atoms with Crippen molar-refractivity contribution in [1.82, 2.24) is 4.90 Å². The van der Waals surface area contributed by atoms with Crippen LogP contribution in [0.25, 0.3) is 0 Å². The molecule has 1 unspecified atom stereocenters. The van der Waals surface area contributed by atoms with Crippen molar-refractivity contribution >= 4 is 5.91 Å². The summed E-state index contributed by atoms with van der Waals surface area (Å²) in [5.41, 5.74) is 5.76. The third-order valence-electron chi connectivity index (χ3n) is 2.10. The van der Waals surface area contributed by atoms with E-state index in [9.17, 15) is 4.79 Å². The predicted octanol–water partition coefficient (Wildman–Crippen LogP) is 0.775. The van der Waals surface area contributed by atoms with Crippen LogP contribution in [0.4, 0.5) is 0 Å². The smallest absolute Gasteiger partial charge is 0.239 e. The lowest BCUT2D eigenvalue weighted by molar-refractivity contribution is -0.132. The Labute approximate surface area is 92.1 Å². The number of hydrogen-bond acceptors (Lipinski definition) is 3. The molecule has 2 N–H and O–H groups in total. The van der Waals surface area contributed by atoms with Gasteiger partial charge in [0.2, 0.25) is 5.91 Å². The minimum Gasteiger partial charge on any atom is -0.385 e. The van der Waals surface area contributed by atoms with E-state index in [0.29, 0.717) is 19.6 Å². The van der Waals surface area contributed by atoms with Gasteiger partial charge < -0.3 is 15.4 Å². The van der Waals surface area contributed by atoms with Crippen LogP contribution in [0.3, 0.4) is 0 Å². The summed E-state index contributed by atoms with van der Waals surface area (Å²) in [5.74, 6) is -0.0196. The topological polar surface area (TPSA) is 55.6 Å². The second kappa shape index (κ2) is 8.44. The van der Waals surface area contributed by atoms with Crippen molar-refractivity contribution < 1.29 is 9.53 Å². The first-order chi connectivity index (χ1) is 7.17. The van der Waals surface area contributed by atoms with Crippen molar-refractivity contribution in [3.05, 3.63) is 12.7 Å². The van der Waals surface area contributed by atoms with Crippen LogP contribution in [0.5, 0.6) is 0 Å². The molecule has 4 heteroatoms. The van der Waals surface area contributed by atoms with E-state index in [1.54, 1.807) is 18.1 Å². The highest BCUT2D eigenvalue weighted by atomic mass is 16.5. The van der Waals surface area contributed by atoms with Crippen LogP contribution in [0.2, 0.25) is 0 Å². The summed E-state index contributed by atoms with van der Waals surface area (Å²) < 4.78 is 4.89. The number of methoxy groups -OCH3 is 1. The molecule has 0 aromatic rings. The summed E-state index contributed by atoms with van der Waals surface area (Å²) in [6, 6.07) is -0.462. The van der Waals surface area contributed by atoms with E-state index in [-0.39, 0.29) is 5.91 Å². The molecule has 0 aromatic carbocycles. The average molecular weight is 214 g/mol. The molecule has 0 saturated heterocycles. The Kier molecular flexibility index (Phi) is 7.95. The van der Waals surface area contributed by atoms with Crippen molar-refractivity contribution in [2.45, 2.75) is 25.8 Å². The molecule has 0 aliphatic rings. The zero-order valence-electron chi connectivity index (χ0n) is 9.74. The third-order valence-corrected chi connectivity index (χ3v) is 2.10. The first-order valence-electron chi connectivity index (χ1n) is 5.31. The first-order valence-corrected chi connectivity index (χ1v) is 5.31. The Morgan fingerprint density at radius 1 is 1.67 bits per heavy atom. The van der Waals surface area contributed by atoms with Crippen molar-refractivity contribution in [3.63, 3.8) is 0 Å². The lowest BCUT2D eigenvalue weighted by atomic mass is 10.2. The van der Waals surface area contributed by atoms with Gasteiger partial charge >= 0.3 is 0 Å². The van der Waals surface area contributed by atoms with Crippen LogP contribution in [-0.2, 0) is 9.53 Å². The van der Waals surface area contributed by atoms with Crippen LogP contribution in [-0.4, -0.2) is 43.7 Å². The molecule has 88 valence electrons. The molecule has 0 bridgehead atoms. The third kappa shape index (κ3) is 5.54. The minimum absolute atomic E-state index is 0.0196. The maximum absolute atomic E-state index is 11.8. The highest BCUT2D eigenvalue weighted by Crippen LogP contribution is 1.99. The van der Waals surface area contributed by atoms with Gasteiger partial charge in [-0.2, -0.15) is 0 Å². The number of carbonyl (C=O) groups excluding carboxylic acids is 1. The molecule has 0 saturated carbocycles. The Hall–Kier alpha value is -0.870. The molecular weight excluding hydrogens is 192 g/mol. The first kappa shape index (κ1) is 14.1. The van der Waals surface area contributed by atoms with Gasteiger partial charge in [0.15, 0.2) is 0 Å². The van der Waals surface area contributed by atoms with Gasteiger partial charge in [-0.15, -0.1) is 6.58 Å². The fraction of sp³-hybridized carbons (Fsp3) is 0.727. The van der Waals surface area contributed by atoms with Gasteiger partial charge in [0, 0.05) is 26.8 Å². The molecule has 0 spiro atoms. The predicted molar refractivity (Wildman–Crippen MR) is 61.5 cm³/mol. The Morgan fingerprint density at radius 2 is 2.33 bits per heavy atom. The molecule has 0 fully saturated rings. The van der Waals surface area contributed by atoms with Gasteiger partial charge in [-0.25, -0.2) is 0 Å². The summed E-state index contributed by atoms with van der Waals surface area (Å²) in [5, 5.41) is 0. The zero-order chi connectivity index (χ0) is 11.7. The molecule has 15 heavy (non-hydrogen) atoms. The second-order valence-electron chi connectivity index (χ2n) is 3.46. The quantitative estimate of drug-likeness (QED) is 0.607. The molecule has 1 atom stereocenters. The number of carbonyl (C=O) groups is 1. The fourth-order valence-electron chi connectivity index (χ4n) is 1.32. The standard InChI is InChI=1S/C11H22N2O2/c1-4-7-13(8-5-2)11(14)10(12)6-9-15-3/h4,10H,1,5-9,12H2,2-3H3. The maximum atomic E-state index is 11.8. The molecule has 0 rings (SSSR count). The number of amides is 1. The normalized spacial score (nSPS) is 12.2. The average Bonchev–Trinajstić information content (AvgIpc) is 2.24. The minimum atomic E-state index is -0.462. The van der Waals surface area contributed by atoms with Gasteiger partial charge in [-0.3, -0.25) is 4.79 Å². The summed E-state index contributed by atoms with van der Waals surface area (Å²) >= 11 is 0. The Bertz CT molecular complexity index is 195. The molecule has 0 heterocycles. The zero-order valence-corrected chi connectivity index (χ0v) is 9.74. The van der Waals surface area contributed by atoms with Crippen LogP contribution < -0.4 is 5.73 Å². The second-order valence-corrected chi connectivity index (χ2v) is 3.46. The van der Waals surface area contributed by atoms with E-state index in [0.717, 1.165) is 13.0 Å². The highest BCUT2D eigenvalue weighted by Gasteiger charge is 2.18. The van der Waals surface area contributed by atoms with Gasteiger partial charge in [0.25, 0.3) is 0 Å². The van der Waals surface area contributed by atoms with Crippen LogP contribution in [0.1, 0.15) is 19.8 Å². The molecule has 1 amide bonds. The molecule has 0 radical (unpaired) electrons. The van der Waals surface area contributed by atoms with Gasteiger partial charge in [-0.1, -0.05) is 13.0 Å². The highest BCUT2D eigenvalue weighted by molar-refractivity contribution is 5.81. The van der Waals surface area contributed by atoms with Crippen molar-refractivity contribution in [2.24, 2.45) is 5.73 Å². The van der Waals surface area contributed by atoms with Gasteiger partial charge in [-0.05, 0) is 12.8 Å². The SMILES string of the molecule is C=CCN(CCC)C(=O)C(N)CCOC. The molecular formula is C11H22N2O2. The number of rotatable bonds is 8. The molecule has 0 aliphatic carbocycles. The molecule has 4 nitrogen and oxygen atoms in total. The Morgan fingerprint density at radius 3 is 2.80 bits per heavy atom. The van der Waals surface area contributed by atoms with Crippen LogP contribution in [0, 0.1) is 0 Å². The lowest BCUT2D eigenvalue weighted by Crippen LogP contribution is -2.44. The van der Waals surface area contributed by atoms with Gasteiger partial charge in [0.05, 0.1) is 6.04 Å². The number of nitrogens with zero attached hydrogens (tertiary/aromatic N) is 1. The largest absolute Gasteiger partial charge is 0.385 e. The van der Waals surface area contributed by atoms with Crippen molar-refractivity contribution in [3.8, 4) is 0 Å². The van der Waals surface area contributed by atoms with Crippen LogP contribution >= 0.6 is 0 Å². The number of hydrogen-bond donors (Lipinski definition) is 1. The fourth-order valence-corrected chi connectivity index (χ4v) is 1.32. The number of nitrogens with two attached hydrogens (primary N) is 1. The summed E-state index contributed by atoms with van der Waals surface area (Å²) in [6.07, 6.45) is 3.21. The maximum Gasteiger partial charge on any atom is 0.239 e. The van der Waals surface area contributed by atoms with Crippen molar-refractivity contribution in [2.75, 3.05) is 26.8 Å². The van der Waals surface area contributed by atoms with Crippen molar-refractivity contribution in [1.29, 1.82) is 0 Å². The van der Waals surface area contributed by atoms with E-state index >= 15 is 0 Å². The lowest BCUT2D eigenvalue weighted by Gasteiger charge is -2.23. The van der Waals surface area contributed by atoms with E-state index in [2.05, 4.69) is 6.58 Å². The van der Waals surface area contributed by atoms with E-state index in [4.69, 9.17) is 10.5 Å². The molecule has 0 aromatic heterocycles. The van der Waals surface area contributed by atoms with E-state index < -0.39 is 6.04 Å². The van der Waals surface area contributed by atoms with E-state index in [1.165, 1.54) is 0 Å². The summed E-state index contributed by atoms with van der Waals surface area (Å²) in [4.78, 5) is 13.6. The van der Waals surface area contributed by atoms with Crippen LogP contribution in [0.15, 0.2) is 12.7 Å². The number of ether oxygens (including phenoxy) is 1. The van der Waals surface area contributed by atoms with E-state index in [1.807, 2.05) is 6.92 Å². The summed E-state index contributed by atoms with van der Waals surface area (Å²) in [7, 11) is 1.60. The monoisotopic (exact) mass is 214 g/mol. The van der Waals surface area contributed by atoms with Gasteiger partial charge in [0.1, 0.15) is 0 Å².